The van der Waals surface area contributed by atoms with Crippen LogP contribution in [0, 0.1) is 0 Å². The number of piperazine rings is 2. The van der Waals surface area contributed by atoms with Gasteiger partial charge in [0.2, 0.25) is 0 Å². The molecule has 3 aliphatic rings. The zero-order valence-electron chi connectivity index (χ0n) is 17.9. The zero-order chi connectivity index (χ0) is 20.2. The molecule has 2 aliphatic heterocycles. The minimum atomic E-state index is 0.900. The molecule has 2 aromatic rings. The number of aromatic nitrogens is 3. The number of rotatable bonds is 6. The largest absolute Gasteiger partial charge is 0.353 e. The average molecular weight is 408 g/mol. The van der Waals surface area contributed by atoms with Gasteiger partial charge >= 0.3 is 0 Å². The van der Waals surface area contributed by atoms with Gasteiger partial charge in [0.25, 0.3) is 0 Å². The van der Waals surface area contributed by atoms with E-state index in [0.717, 1.165) is 49.3 Å². The minimum absolute atomic E-state index is 0.900. The summed E-state index contributed by atoms with van der Waals surface area (Å²) in [4.78, 5) is 23.7. The maximum atomic E-state index is 4.67. The molecule has 1 aliphatic carbocycles. The van der Waals surface area contributed by atoms with Gasteiger partial charge in [-0.25, -0.2) is 4.98 Å². The van der Waals surface area contributed by atoms with E-state index in [1.54, 1.807) is 12.4 Å². The van der Waals surface area contributed by atoms with Crippen LogP contribution < -0.4 is 4.90 Å². The van der Waals surface area contributed by atoms with E-state index in [2.05, 4.69) is 34.6 Å². The fourth-order valence-electron chi connectivity index (χ4n) is 4.74. The lowest BCUT2D eigenvalue weighted by Crippen LogP contribution is -2.54. The fourth-order valence-corrected chi connectivity index (χ4v) is 4.74. The van der Waals surface area contributed by atoms with Crippen LogP contribution in [0.25, 0.3) is 11.3 Å². The lowest BCUT2D eigenvalue weighted by molar-refractivity contribution is 0.0569. The third-order valence-corrected chi connectivity index (χ3v) is 7.04. The molecule has 30 heavy (non-hydrogen) atoms. The van der Waals surface area contributed by atoms with Crippen LogP contribution >= 0.6 is 0 Å². The summed E-state index contributed by atoms with van der Waals surface area (Å²) in [5.41, 5.74) is 1.96. The lowest BCUT2D eigenvalue weighted by atomic mass is 9.91. The highest BCUT2D eigenvalue weighted by Gasteiger charge is 2.28. The van der Waals surface area contributed by atoms with Crippen molar-refractivity contribution in [2.24, 2.45) is 0 Å². The second kappa shape index (κ2) is 9.37. The molecular formula is C23H33N7. The Kier molecular flexibility index (Phi) is 6.20. The monoisotopic (exact) mass is 407 g/mol. The van der Waals surface area contributed by atoms with Crippen molar-refractivity contribution >= 4 is 5.82 Å². The maximum Gasteiger partial charge on any atom is 0.147 e. The van der Waals surface area contributed by atoms with Crippen LogP contribution in [0.3, 0.4) is 0 Å². The molecule has 0 radical (unpaired) electrons. The summed E-state index contributed by atoms with van der Waals surface area (Å²) >= 11 is 0. The van der Waals surface area contributed by atoms with E-state index in [-0.39, 0.29) is 0 Å². The second-order valence-electron chi connectivity index (χ2n) is 8.79. The standard InChI is InChI=1S/C23H33N7/c1-2-21(3-1)29-14-10-27(11-15-29)8-9-28-12-16-30(17-13-28)23-19-25-22(18-26-23)20-4-6-24-7-5-20/h4-7,18-19,21H,1-3,8-17H2. The second-order valence-corrected chi connectivity index (χ2v) is 8.79. The van der Waals surface area contributed by atoms with Crippen molar-refractivity contribution < 1.29 is 0 Å². The summed E-state index contributed by atoms with van der Waals surface area (Å²) in [5.74, 6) is 0.986. The Morgan fingerprint density at radius 1 is 0.767 bits per heavy atom. The molecule has 7 nitrogen and oxygen atoms in total. The first-order valence-electron chi connectivity index (χ1n) is 11.5. The van der Waals surface area contributed by atoms with Crippen LogP contribution in [0.2, 0.25) is 0 Å². The van der Waals surface area contributed by atoms with Crippen LogP contribution in [0.1, 0.15) is 19.3 Å². The molecule has 160 valence electrons. The topological polar surface area (TPSA) is 51.6 Å². The Morgan fingerprint density at radius 2 is 1.43 bits per heavy atom. The smallest absolute Gasteiger partial charge is 0.147 e. The highest BCUT2D eigenvalue weighted by Crippen LogP contribution is 2.25. The highest BCUT2D eigenvalue weighted by atomic mass is 15.3. The first-order valence-corrected chi connectivity index (χ1v) is 11.5. The van der Waals surface area contributed by atoms with Gasteiger partial charge in [-0.15, -0.1) is 0 Å². The van der Waals surface area contributed by atoms with Crippen LogP contribution in [-0.2, 0) is 0 Å². The molecule has 0 atom stereocenters. The summed E-state index contributed by atoms with van der Waals surface area (Å²) < 4.78 is 0. The first-order chi connectivity index (χ1) is 14.8. The number of hydrogen-bond acceptors (Lipinski definition) is 7. The van der Waals surface area contributed by atoms with Crippen molar-refractivity contribution in [3.8, 4) is 11.3 Å². The van der Waals surface area contributed by atoms with Crippen molar-refractivity contribution in [2.75, 3.05) is 70.3 Å². The van der Waals surface area contributed by atoms with Crippen LogP contribution in [0.15, 0.2) is 36.9 Å². The third-order valence-electron chi connectivity index (χ3n) is 7.04. The molecule has 0 amide bonds. The van der Waals surface area contributed by atoms with E-state index < -0.39 is 0 Å². The van der Waals surface area contributed by atoms with Crippen molar-refractivity contribution in [3.05, 3.63) is 36.9 Å². The molecule has 3 fully saturated rings. The molecular weight excluding hydrogens is 374 g/mol. The van der Waals surface area contributed by atoms with E-state index in [9.17, 15) is 0 Å². The molecule has 2 saturated heterocycles. The molecule has 0 N–H and O–H groups in total. The Balaban J connectivity index is 1.04. The van der Waals surface area contributed by atoms with Gasteiger partial charge in [-0.2, -0.15) is 0 Å². The Bertz CT molecular complexity index is 777. The molecule has 1 saturated carbocycles. The third kappa shape index (κ3) is 4.63. The van der Waals surface area contributed by atoms with Crippen molar-refractivity contribution in [1.29, 1.82) is 0 Å². The summed E-state index contributed by atoms with van der Waals surface area (Å²) in [5, 5.41) is 0. The quantitative estimate of drug-likeness (QED) is 0.724. The van der Waals surface area contributed by atoms with E-state index in [4.69, 9.17) is 0 Å². The summed E-state index contributed by atoms with van der Waals surface area (Å²) in [6.07, 6.45) is 11.7. The molecule has 2 aromatic heterocycles. The Labute approximate surface area is 179 Å². The minimum Gasteiger partial charge on any atom is -0.353 e. The van der Waals surface area contributed by atoms with Gasteiger partial charge in [0.15, 0.2) is 0 Å². The molecule has 4 heterocycles. The molecule has 0 unspecified atom stereocenters. The molecule has 0 bridgehead atoms. The number of anilines is 1. The van der Waals surface area contributed by atoms with Crippen molar-refractivity contribution in [1.82, 2.24) is 29.7 Å². The van der Waals surface area contributed by atoms with Crippen LogP contribution in [-0.4, -0.2) is 101 Å². The molecule has 0 spiro atoms. The summed E-state index contributed by atoms with van der Waals surface area (Å²) in [6, 6.07) is 4.84. The SMILES string of the molecule is c1cc(-c2cnc(N3CCN(CCN4CCN(C5CCC5)CC4)CC3)cn2)ccn1. The number of hydrogen-bond donors (Lipinski definition) is 0. The van der Waals surface area contributed by atoms with Crippen molar-refractivity contribution in [2.45, 2.75) is 25.3 Å². The number of pyridine rings is 1. The van der Waals surface area contributed by atoms with E-state index in [1.165, 1.54) is 58.5 Å². The van der Waals surface area contributed by atoms with Gasteiger partial charge < -0.3 is 4.90 Å². The molecule has 5 rings (SSSR count). The predicted molar refractivity (Wildman–Crippen MR) is 120 cm³/mol. The first kappa shape index (κ1) is 19.8. The van der Waals surface area contributed by atoms with E-state index in [0.29, 0.717) is 0 Å². The van der Waals surface area contributed by atoms with Crippen LogP contribution in [0.5, 0.6) is 0 Å². The van der Waals surface area contributed by atoms with Crippen LogP contribution in [0.4, 0.5) is 5.82 Å². The van der Waals surface area contributed by atoms with Gasteiger partial charge in [-0.05, 0) is 25.0 Å². The fraction of sp³-hybridized carbons (Fsp3) is 0.609. The average Bonchev–Trinajstić information content (AvgIpc) is 2.79. The maximum absolute atomic E-state index is 4.67. The highest BCUT2D eigenvalue weighted by molar-refractivity contribution is 5.58. The lowest BCUT2D eigenvalue weighted by Gasteiger charge is -2.43. The molecule has 0 aromatic carbocycles. The Hall–Kier alpha value is -2.09. The summed E-state index contributed by atoms with van der Waals surface area (Å²) in [7, 11) is 0. The van der Waals surface area contributed by atoms with Gasteiger partial charge in [-0.3, -0.25) is 24.7 Å². The zero-order valence-corrected chi connectivity index (χ0v) is 17.9. The predicted octanol–water partition coefficient (Wildman–Crippen LogP) is 1.83. The number of nitrogens with zero attached hydrogens (tertiary/aromatic N) is 7. The summed E-state index contributed by atoms with van der Waals surface area (Å²) in [6.45, 7) is 11.7. The van der Waals surface area contributed by atoms with Gasteiger partial charge in [0, 0.05) is 89.4 Å². The van der Waals surface area contributed by atoms with Crippen molar-refractivity contribution in [3.63, 3.8) is 0 Å². The van der Waals surface area contributed by atoms with Gasteiger partial charge in [0.05, 0.1) is 18.1 Å². The normalized spacial score (nSPS) is 22.2. The van der Waals surface area contributed by atoms with Gasteiger partial charge in [0.1, 0.15) is 5.82 Å². The Morgan fingerprint density at radius 3 is 2.00 bits per heavy atom. The van der Waals surface area contributed by atoms with Gasteiger partial charge in [-0.1, -0.05) is 6.42 Å². The molecule has 7 heteroatoms. The van der Waals surface area contributed by atoms with E-state index in [1.807, 2.05) is 24.5 Å². The van der Waals surface area contributed by atoms with E-state index >= 15 is 0 Å².